The van der Waals surface area contributed by atoms with Crippen LogP contribution in [0.1, 0.15) is 12.5 Å². The Kier molecular flexibility index (Phi) is 3.79. The van der Waals surface area contributed by atoms with Crippen molar-refractivity contribution < 1.29 is 9.59 Å². The molecule has 5 heteroatoms. The van der Waals surface area contributed by atoms with E-state index in [1.165, 1.54) is 19.1 Å². The van der Waals surface area contributed by atoms with Gasteiger partial charge in [-0.3, -0.25) is 9.59 Å². The van der Waals surface area contributed by atoms with E-state index in [2.05, 4.69) is 10.3 Å². The van der Waals surface area contributed by atoms with Gasteiger partial charge in [0, 0.05) is 18.7 Å². The number of carbonyl (C=O) groups is 2. The third-order valence-electron chi connectivity index (χ3n) is 2.78. The molecule has 0 saturated carbocycles. The molecule has 2 rings (SSSR count). The van der Waals surface area contributed by atoms with Crippen molar-refractivity contribution in [2.75, 3.05) is 5.73 Å². The Balaban J connectivity index is 2.37. The van der Waals surface area contributed by atoms with Gasteiger partial charge in [-0.1, -0.05) is 0 Å². The molecular weight excluding hydrogens is 254 g/mol. The van der Waals surface area contributed by atoms with E-state index in [-0.39, 0.29) is 11.7 Å². The van der Waals surface area contributed by atoms with E-state index >= 15 is 0 Å². The first-order chi connectivity index (χ1) is 9.45. The van der Waals surface area contributed by atoms with Gasteiger partial charge in [-0.25, -0.2) is 4.99 Å². The number of amides is 1. The Morgan fingerprint density at radius 2 is 2.05 bits per heavy atom. The fraction of sp³-hybridized carbons (Fsp3) is 0.133. The van der Waals surface area contributed by atoms with Gasteiger partial charge in [0.15, 0.2) is 5.78 Å². The largest absolute Gasteiger partial charge is 0.399 e. The van der Waals surface area contributed by atoms with Crippen molar-refractivity contribution in [2.24, 2.45) is 4.99 Å². The standard InChI is InChI=1S/C15H15N3O2/c1-9-7-11(3-5-13(9)16)18-14-6-4-12(20)8-15(14)17-10(2)19/h3-8H,16H2,1-2H3,(H,17,19). The van der Waals surface area contributed by atoms with Crippen LogP contribution in [0, 0.1) is 6.92 Å². The zero-order chi connectivity index (χ0) is 14.7. The summed E-state index contributed by atoms with van der Waals surface area (Å²) >= 11 is 0. The van der Waals surface area contributed by atoms with Gasteiger partial charge in [0.05, 0.1) is 17.1 Å². The van der Waals surface area contributed by atoms with E-state index in [4.69, 9.17) is 5.73 Å². The number of anilines is 1. The van der Waals surface area contributed by atoms with Crippen molar-refractivity contribution >= 4 is 28.8 Å². The number of aliphatic imine (C=N–C) groups is 1. The number of nitrogen functional groups attached to an aromatic ring is 1. The maximum absolute atomic E-state index is 11.4. The van der Waals surface area contributed by atoms with Crippen LogP contribution in [0.5, 0.6) is 0 Å². The fourth-order valence-corrected chi connectivity index (χ4v) is 1.77. The lowest BCUT2D eigenvalue weighted by Gasteiger charge is -2.11. The first kappa shape index (κ1) is 13.7. The number of carbonyl (C=O) groups excluding carboxylic acids is 2. The summed E-state index contributed by atoms with van der Waals surface area (Å²) < 4.78 is 0. The summed E-state index contributed by atoms with van der Waals surface area (Å²) in [5.41, 5.74) is 9.02. The van der Waals surface area contributed by atoms with Gasteiger partial charge < -0.3 is 11.1 Å². The van der Waals surface area contributed by atoms with E-state index in [0.717, 1.165) is 5.56 Å². The summed E-state index contributed by atoms with van der Waals surface area (Å²) in [7, 11) is 0. The van der Waals surface area contributed by atoms with Crippen molar-refractivity contribution in [3.63, 3.8) is 0 Å². The summed E-state index contributed by atoms with van der Waals surface area (Å²) in [4.78, 5) is 27.0. The number of ketones is 1. The highest BCUT2D eigenvalue weighted by molar-refractivity contribution is 6.21. The molecule has 5 nitrogen and oxygen atoms in total. The molecule has 0 aromatic heterocycles. The minimum atomic E-state index is -0.250. The average molecular weight is 269 g/mol. The number of nitrogens with one attached hydrogen (secondary N) is 1. The average Bonchev–Trinajstić information content (AvgIpc) is 2.36. The van der Waals surface area contributed by atoms with Gasteiger partial charge in [0.2, 0.25) is 5.91 Å². The second kappa shape index (κ2) is 5.52. The molecule has 0 heterocycles. The number of hydrogen-bond acceptors (Lipinski definition) is 4. The third-order valence-corrected chi connectivity index (χ3v) is 2.78. The second-order valence-corrected chi connectivity index (χ2v) is 4.51. The highest BCUT2D eigenvalue weighted by Crippen LogP contribution is 2.21. The maximum atomic E-state index is 11.4. The van der Waals surface area contributed by atoms with Gasteiger partial charge in [0.1, 0.15) is 0 Å². The fourth-order valence-electron chi connectivity index (χ4n) is 1.77. The lowest BCUT2D eigenvalue weighted by Crippen LogP contribution is -2.26. The lowest BCUT2D eigenvalue weighted by molar-refractivity contribution is -0.118. The van der Waals surface area contributed by atoms with Crippen LogP contribution in [0.2, 0.25) is 0 Å². The van der Waals surface area contributed by atoms with Crippen LogP contribution < -0.4 is 11.1 Å². The van der Waals surface area contributed by atoms with Gasteiger partial charge in [0.25, 0.3) is 0 Å². The molecule has 0 atom stereocenters. The number of nitrogens with zero attached hydrogens (tertiary/aromatic N) is 1. The summed E-state index contributed by atoms with van der Waals surface area (Å²) in [6, 6.07) is 5.40. The topological polar surface area (TPSA) is 84.5 Å². The highest BCUT2D eigenvalue weighted by Gasteiger charge is 2.13. The Bertz CT molecular complexity index is 670. The van der Waals surface area contributed by atoms with Crippen LogP contribution in [0.3, 0.4) is 0 Å². The van der Waals surface area contributed by atoms with Crippen molar-refractivity contribution in [1.82, 2.24) is 5.32 Å². The molecule has 0 unspecified atom stereocenters. The quantitative estimate of drug-likeness (QED) is 0.634. The molecule has 0 bridgehead atoms. The lowest BCUT2D eigenvalue weighted by atomic mass is 10.1. The molecule has 3 N–H and O–H groups in total. The van der Waals surface area contributed by atoms with Crippen molar-refractivity contribution in [2.45, 2.75) is 13.8 Å². The summed E-state index contributed by atoms with van der Waals surface area (Å²) in [6.45, 7) is 3.28. The Labute approximate surface area is 116 Å². The molecule has 1 aromatic rings. The normalized spacial score (nSPS) is 16.2. The number of nitrogens with two attached hydrogens (primary N) is 1. The zero-order valence-electron chi connectivity index (χ0n) is 11.3. The van der Waals surface area contributed by atoms with Gasteiger partial charge in [-0.05, 0) is 42.8 Å². The smallest absolute Gasteiger partial charge is 0.221 e. The zero-order valence-corrected chi connectivity index (χ0v) is 11.3. The van der Waals surface area contributed by atoms with E-state index in [9.17, 15) is 9.59 Å². The van der Waals surface area contributed by atoms with Crippen molar-refractivity contribution in [3.05, 3.63) is 47.7 Å². The molecular formula is C15H15N3O2. The number of rotatable bonds is 2. The predicted molar refractivity (Wildman–Crippen MR) is 78.7 cm³/mol. The van der Waals surface area contributed by atoms with Crippen LogP contribution in [0.4, 0.5) is 11.4 Å². The predicted octanol–water partition coefficient (Wildman–Crippen LogP) is 1.81. The Morgan fingerprint density at radius 1 is 1.30 bits per heavy atom. The van der Waals surface area contributed by atoms with Crippen LogP contribution in [0.25, 0.3) is 0 Å². The molecule has 1 aromatic carbocycles. The SMILES string of the molecule is CC(=O)NC1=CC(=O)C=CC1=Nc1ccc(N)c(C)c1. The highest BCUT2D eigenvalue weighted by atomic mass is 16.1. The summed E-state index contributed by atoms with van der Waals surface area (Å²) in [6.07, 6.45) is 4.35. The molecule has 20 heavy (non-hydrogen) atoms. The van der Waals surface area contributed by atoms with E-state index in [0.29, 0.717) is 22.8 Å². The first-order valence-corrected chi connectivity index (χ1v) is 6.12. The minimum Gasteiger partial charge on any atom is -0.399 e. The van der Waals surface area contributed by atoms with Crippen LogP contribution in [-0.2, 0) is 9.59 Å². The van der Waals surface area contributed by atoms with Crippen LogP contribution >= 0.6 is 0 Å². The van der Waals surface area contributed by atoms with Crippen LogP contribution in [0.15, 0.2) is 47.1 Å². The maximum Gasteiger partial charge on any atom is 0.221 e. The number of hydrogen-bond donors (Lipinski definition) is 2. The Hall–Kier alpha value is -2.69. The third kappa shape index (κ3) is 3.20. The molecule has 0 aliphatic heterocycles. The van der Waals surface area contributed by atoms with Gasteiger partial charge >= 0.3 is 0 Å². The van der Waals surface area contributed by atoms with E-state index in [1.807, 2.05) is 13.0 Å². The number of aryl methyl sites for hydroxylation is 1. The van der Waals surface area contributed by atoms with Gasteiger partial charge in [-0.15, -0.1) is 0 Å². The Morgan fingerprint density at radius 3 is 2.70 bits per heavy atom. The minimum absolute atomic E-state index is 0.179. The molecule has 0 spiro atoms. The molecule has 1 aliphatic rings. The van der Waals surface area contributed by atoms with Gasteiger partial charge in [-0.2, -0.15) is 0 Å². The van der Waals surface area contributed by atoms with Crippen molar-refractivity contribution in [1.29, 1.82) is 0 Å². The molecule has 0 saturated heterocycles. The monoisotopic (exact) mass is 269 g/mol. The van der Waals surface area contributed by atoms with Crippen LogP contribution in [-0.4, -0.2) is 17.4 Å². The summed E-state index contributed by atoms with van der Waals surface area (Å²) in [5.74, 6) is -0.429. The molecule has 0 radical (unpaired) electrons. The summed E-state index contributed by atoms with van der Waals surface area (Å²) in [5, 5.41) is 2.60. The molecule has 102 valence electrons. The number of benzene rings is 1. The molecule has 1 aliphatic carbocycles. The second-order valence-electron chi connectivity index (χ2n) is 4.51. The molecule has 1 amide bonds. The first-order valence-electron chi connectivity index (χ1n) is 6.12. The van der Waals surface area contributed by atoms with E-state index < -0.39 is 0 Å². The van der Waals surface area contributed by atoms with E-state index in [1.54, 1.807) is 18.2 Å². The van der Waals surface area contributed by atoms with Crippen molar-refractivity contribution in [3.8, 4) is 0 Å². The number of allylic oxidation sites excluding steroid dienone is 3. The molecule has 0 fully saturated rings.